The summed E-state index contributed by atoms with van der Waals surface area (Å²) in [6, 6.07) is 23.4. The third-order valence-electron chi connectivity index (χ3n) is 4.94. The van der Waals surface area contributed by atoms with Gasteiger partial charge in [-0.25, -0.2) is 4.68 Å². The summed E-state index contributed by atoms with van der Waals surface area (Å²) in [7, 11) is 1.32. The molecular formula is C25H21F2N3O3. The van der Waals surface area contributed by atoms with Crippen molar-refractivity contribution in [2.75, 3.05) is 7.11 Å². The molecule has 1 heterocycles. The summed E-state index contributed by atoms with van der Waals surface area (Å²) in [5, 5.41) is 7.59. The average Bonchev–Trinajstić information content (AvgIpc) is 3.28. The Kier molecular flexibility index (Phi) is 6.64. The van der Waals surface area contributed by atoms with Gasteiger partial charge in [-0.05, 0) is 30.3 Å². The zero-order chi connectivity index (χ0) is 23.2. The topological polar surface area (TPSA) is 65.4 Å². The first kappa shape index (κ1) is 22.0. The maximum atomic E-state index is 12.8. The molecule has 0 radical (unpaired) electrons. The summed E-state index contributed by atoms with van der Waals surface area (Å²) < 4.78 is 36.3. The quantitative estimate of drug-likeness (QED) is 0.408. The van der Waals surface area contributed by atoms with Gasteiger partial charge in [-0.15, -0.1) is 0 Å². The molecule has 0 aliphatic heterocycles. The highest BCUT2D eigenvalue weighted by atomic mass is 19.3. The first-order valence-electron chi connectivity index (χ1n) is 10.2. The number of aromatic nitrogens is 2. The van der Waals surface area contributed by atoms with Crippen LogP contribution in [0.2, 0.25) is 0 Å². The van der Waals surface area contributed by atoms with Gasteiger partial charge in [0.2, 0.25) is 0 Å². The number of ether oxygens (including phenoxy) is 2. The maximum absolute atomic E-state index is 12.8. The van der Waals surface area contributed by atoms with E-state index in [-0.39, 0.29) is 29.5 Å². The summed E-state index contributed by atoms with van der Waals surface area (Å²) in [6.07, 6.45) is 1.87. The van der Waals surface area contributed by atoms with E-state index in [0.29, 0.717) is 0 Å². The van der Waals surface area contributed by atoms with E-state index >= 15 is 0 Å². The molecule has 0 saturated heterocycles. The van der Waals surface area contributed by atoms with Gasteiger partial charge in [0, 0.05) is 29.4 Å². The molecule has 0 unspecified atom stereocenters. The summed E-state index contributed by atoms with van der Waals surface area (Å²) in [5.74, 6) is -0.479. The van der Waals surface area contributed by atoms with Gasteiger partial charge in [0.15, 0.2) is 11.5 Å². The second kappa shape index (κ2) is 9.95. The lowest BCUT2D eigenvalue weighted by molar-refractivity contribution is -0.0512. The van der Waals surface area contributed by atoms with Crippen molar-refractivity contribution >= 4 is 5.91 Å². The van der Waals surface area contributed by atoms with E-state index < -0.39 is 6.61 Å². The molecule has 1 amide bonds. The summed E-state index contributed by atoms with van der Waals surface area (Å²) >= 11 is 0. The van der Waals surface area contributed by atoms with Crippen molar-refractivity contribution in [1.29, 1.82) is 0 Å². The largest absolute Gasteiger partial charge is 0.493 e. The Hall–Kier alpha value is -4.20. The van der Waals surface area contributed by atoms with Gasteiger partial charge < -0.3 is 14.8 Å². The molecule has 168 valence electrons. The van der Waals surface area contributed by atoms with Crippen LogP contribution in [-0.2, 0) is 6.54 Å². The third kappa shape index (κ3) is 5.17. The van der Waals surface area contributed by atoms with Gasteiger partial charge in [-0.3, -0.25) is 4.79 Å². The number of halogens is 2. The Balaban J connectivity index is 1.57. The second-order valence-electron chi connectivity index (χ2n) is 7.08. The van der Waals surface area contributed by atoms with E-state index in [0.717, 1.165) is 22.5 Å². The van der Waals surface area contributed by atoms with Crippen LogP contribution in [-0.4, -0.2) is 29.4 Å². The fourth-order valence-electron chi connectivity index (χ4n) is 3.37. The Morgan fingerprint density at radius 3 is 2.36 bits per heavy atom. The van der Waals surface area contributed by atoms with E-state index in [2.05, 4.69) is 10.1 Å². The predicted octanol–water partition coefficient (Wildman–Crippen LogP) is 5.08. The van der Waals surface area contributed by atoms with Crippen molar-refractivity contribution < 1.29 is 23.0 Å². The van der Waals surface area contributed by atoms with E-state index in [1.54, 1.807) is 4.68 Å². The minimum absolute atomic E-state index is 0.0461. The number of carbonyl (C=O) groups excluding carboxylic acids is 1. The van der Waals surface area contributed by atoms with Crippen LogP contribution in [0.25, 0.3) is 16.9 Å². The van der Waals surface area contributed by atoms with Crippen molar-refractivity contribution in [1.82, 2.24) is 15.1 Å². The number of hydrogen-bond acceptors (Lipinski definition) is 4. The fourth-order valence-corrected chi connectivity index (χ4v) is 3.37. The molecular weight excluding hydrogens is 428 g/mol. The normalized spacial score (nSPS) is 10.8. The van der Waals surface area contributed by atoms with Crippen LogP contribution in [0, 0.1) is 0 Å². The number of para-hydroxylation sites is 1. The number of methoxy groups -OCH3 is 1. The van der Waals surface area contributed by atoms with Gasteiger partial charge in [0.1, 0.15) is 0 Å². The minimum atomic E-state index is -2.99. The number of amides is 1. The number of rotatable bonds is 8. The van der Waals surface area contributed by atoms with E-state index in [1.807, 2.05) is 66.9 Å². The van der Waals surface area contributed by atoms with Crippen molar-refractivity contribution in [3.63, 3.8) is 0 Å². The molecule has 0 saturated carbocycles. The number of nitrogens with one attached hydrogen (secondary N) is 1. The fraction of sp³-hybridized carbons (Fsp3) is 0.120. The van der Waals surface area contributed by atoms with Crippen LogP contribution < -0.4 is 14.8 Å². The van der Waals surface area contributed by atoms with E-state index in [4.69, 9.17) is 9.84 Å². The average molecular weight is 449 g/mol. The predicted molar refractivity (Wildman–Crippen MR) is 120 cm³/mol. The molecule has 3 aromatic carbocycles. The third-order valence-corrected chi connectivity index (χ3v) is 4.94. The van der Waals surface area contributed by atoms with E-state index in [9.17, 15) is 13.6 Å². The number of carbonyl (C=O) groups is 1. The summed E-state index contributed by atoms with van der Waals surface area (Å²) in [6.45, 7) is -2.77. The molecule has 4 aromatic rings. The van der Waals surface area contributed by atoms with Crippen molar-refractivity contribution in [2.45, 2.75) is 13.2 Å². The molecule has 0 aliphatic rings. The second-order valence-corrected chi connectivity index (χ2v) is 7.08. The number of alkyl halides is 2. The number of nitrogens with zero attached hydrogens (tertiary/aromatic N) is 2. The Morgan fingerprint density at radius 2 is 1.70 bits per heavy atom. The molecule has 8 heteroatoms. The van der Waals surface area contributed by atoms with Crippen molar-refractivity contribution in [2.24, 2.45) is 0 Å². The molecule has 0 fully saturated rings. The van der Waals surface area contributed by atoms with Gasteiger partial charge in [-0.2, -0.15) is 13.9 Å². The SMILES string of the molecule is COc1cc(C(=O)NCc2cn(-c3ccccc3)nc2-c2ccccc2)ccc1OC(F)F. The van der Waals surface area contributed by atoms with Crippen molar-refractivity contribution in [3.05, 3.63) is 96.2 Å². The zero-order valence-electron chi connectivity index (χ0n) is 17.7. The molecule has 6 nitrogen and oxygen atoms in total. The van der Waals surface area contributed by atoms with Crippen LogP contribution in [0.1, 0.15) is 15.9 Å². The van der Waals surface area contributed by atoms with Gasteiger partial charge in [-0.1, -0.05) is 48.5 Å². The smallest absolute Gasteiger partial charge is 0.387 e. The molecule has 0 atom stereocenters. The van der Waals surface area contributed by atoms with E-state index in [1.165, 1.54) is 25.3 Å². The number of hydrogen-bond donors (Lipinski definition) is 1. The molecule has 0 spiro atoms. The molecule has 4 rings (SSSR count). The number of benzene rings is 3. The molecule has 0 bridgehead atoms. The van der Waals surface area contributed by atoms with Crippen LogP contribution in [0.5, 0.6) is 11.5 Å². The van der Waals surface area contributed by atoms with Crippen LogP contribution in [0.15, 0.2) is 85.1 Å². The van der Waals surface area contributed by atoms with Gasteiger partial charge >= 0.3 is 6.61 Å². The lowest BCUT2D eigenvalue weighted by atomic mass is 10.1. The Labute approximate surface area is 189 Å². The summed E-state index contributed by atoms with van der Waals surface area (Å²) in [4.78, 5) is 12.8. The van der Waals surface area contributed by atoms with Crippen molar-refractivity contribution in [3.8, 4) is 28.4 Å². The van der Waals surface area contributed by atoms with Crippen LogP contribution >= 0.6 is 0 Å². The lowest BCUT2D eigenvalue weighted by Crippen LogP contribution is -2.23. The monoisotopic (exact) mass is 449 g/mol. The zero-order valence-corrected chi connectivity index (χ0v) is 17.7. The molecule has 0 aliphatic carbocycles. The first-order chi connectivity index (χ1) is 16.0. The Bertz CT molecular complexity index is 1230. The highest BCUT2D eigenvalue weighted by Gasteiger charge is 2.16. The first-order valence-corrected chi connectivity index (χ1v) is 10.2. The Morgan fingerprint density at radius 1 is 1.00 bits per heavy atom. The maximum Gasteiger partial charge on any atom is 0.387 e. The molecule has 33 heavy (non-hydrogen) atoms. The van der Waals surface area contributed by atoms with Gasteiger partial charge in [0.05, 0.1) is 18.5 Å². The standard InChI is InChI=1S/C25H21F2N3O3/c1-32-22-14-18(12-13-21(22)33-25(26)27)24(31)28-15-19-16-30(20-10-6-3-7-11-20)29-23(19)17-8-4-2-5-9-17/h2-14,16,25H,15H2,1H3,(H,28,31). The highest BCUT2D eigenvalue weighted by molar-refractivity contribution is 5.95. The minimum Gasteiger partial charge on any atom is -0.493 e. The molecule has 1 N–H and O–H groups in total. The van der Waals surface area contributed by atoms with Gasteiger partial charge in [0.25, 0.3) is 5.91 Å². The summed E-state index contributed by atoms with van der Waals surface area (Å²) in [5.41, 5.74) is 3.64. The van der Waals surface area contributed by atoms with Crippen LogP contribution in [0.3, 0.4) is 0 Å². The molecule has 1 aromatic heterocycles. The highest BCUT2D eigenvalue weighted by Crippen LogP contribution is 2.29. The lowest BCUT2D eigenvalue weighted by Gasteiger charge is -2.11. The van der Waals surface area contributed by atoms with Crippen LogP contribution in [0.4, 0.5) is 8.78 Å².